The molecule has 0 bridgehead atoms. The van der Waals surface area contributed by atoms with Crippen molar-refractivity contribution in [3.8, 4) is 28.8 Å². The number of hydrogen-bond acceptors (Lipinski definition) is 5. The quantitative estimate of drug-likeness (QED) is 0.459. The molecule has 0 saturated heterocycles. The lowest BCUT2D eigenvalue weighted by Gasteiger charge is -2.27. The molecule has 144 valence electrons. The largest absolute Gasteiger partial charge is 0.508 e. The van der Waals surface area contributed by atoms with Gasteiger partial charge in [0.25, 0.3) is 0 Å². The summed E-state index contributed by atoms with van der Waals surface area (Å²) in [4.78, 5) is 9.36. The minimum Gasteiger partial charge on any atom is -0.508 e. The van der Waals surface area contributed by atoms with Crippen LogP contribution >= 0.6 is 0 Å². The number of benzene rings is 3. The standard InChI is InChI=1S/C24H16N4O2/c29-17-11-12-18-19(13-17)30-24-21(20(18)15-7-3-1-4-8-15)23-26-22(27-28(23)14-25-24)16-9-5-2-6-10-16/h1-14,20,29H/t20-/m1/s1. The van der Waals surface area contributed by atoms with Gasteiger partial charge in [-0.3, -0.25) is 0 Å². The molecule has 1 aliphatic heterocycles. The Kier molecular flexibility index (Phi) is 3.58. The molecule has 1 atom stereocenters. The molecule has 0 amide bonds. The maximum Gasteiger partial charge on any atom is 0.228 e. The lowest BCUT2D eigenvalue weighted by atomic mass is 9.84. The minimum absolute atomic E-state index is 0.144. The lowest BCUT2D eigenvalue weighted by molar-refractivity contribution is 0.422. The van der Waals surface area contributed by atoms with Crippen molar-refractivity contribution in [2.75, 3.05) is 0 Å². The monoisotopic (exact) mass is 392 g/mol. The van der Waals surface area contributed by atoms with Gasteiger partial charge >= 0.3 is 0 Å². The molecular formula is C24H16N4O2. The van der Waals surface area contributed by atoms with Crippen LogP contribution in [-0.2, 0) is 0 Å². The summed E-state index contributed by atoms with van der Waals surface area (Å²) in [6, 6.07) is 25.2. The molecule has 3 heterocycles. The van der Waals surface area contributed by atoms with Gasteiger partial charge in [0.2, 0.25) is 5.88 Å². The normalized spacial score (nSPS) is 14.7. The second kappa shape index (κ2) is 6.42. The number of aromatic hydroxyl groups is 1. The highest BCUT2D eigenvalue weighted by atomic mass is 16.5. The number of rotatable bonds is 2. The van der Waals surface area contributed by atoms with E-state index < -0.39 is 0 Å². The van der Waals surface area contributed by atoms with E-state index in [9.17, 15) is 5.11 Å². The van der Waals surface area contributed by atoms with Crippen molar-refractivity contribution < 1.29 is 9.84 Å². The van der Waals surface area contributed by atoms with Crippen LogP contribution in [0, 0.1) is 0 Å². The van der Waals surface area contributed by atoms with E-state index in [0.29, 0.717) is 23.1 Å². The van der Waals surface area contributed by atoms with Gasteiger partial charge in [-0.05, 0) is 11.6 Å². The van der Waals surface area contributed by atoms with Crippen LogP contribution in [0.4, 0.5) is 0 Å². The molecule has 1 aliphatic rings. The number of ether oxygens (including phenoxy) is 1. The van der Waals surface area contributed by atoms with Crippen LogP contribution in [0.1, 0.15) is 22.6 Å². The van der Waals surface area contributed by atoms with E-state index in [4.69, 9.17) is 9.72 Å². The first kappa shape index (κ1) is 16.7. The van der Waals surface area contributed by atoms with Gasteiger partial charge in [0.05, 0.1) is 5.56 Å². The predicted octanol–water partition coefficient (Wildman–Crippen LogP) is 4.78. The maximum absolute atomic E-state index is 9.97. The molecule has 2 aromatic heterocycles. The highest BCUT2D eigenvalue weighted by Gasteiger charge is 2.33. The summed E-state index contributed by atoms with van der Waals surface area (Å²) >= 11 is 0. The van der Waals surface area contributed by atoms with Gasteiger partial charge in [-0.1, -0.05) is 66.7 Å². The second-order valence-electron chi connectivity index (χ2n) is 7.20. The first-order valence-electron chi connectivity index (χ1n) is 9.64. The van der Waals surface area contributed by atoms with Crippen LogP contribution in [-0.4, -0.2) is 24.7 Å². The van der Waals surface area contributed by atoms with Gasteiger partial charge < -0.3 is 9.84 Å². The summed E-state index contributed by atoms with van der Waals surface area (Å²) in [5.41, 5.74) is 4.54. The van der Waals surface area contributed by atoms with E-state index in [2.05, 4.69) is 22.2 Å². The molecule has 0 fully saturated rings. The number of hydrogen-bond donors (Lipinski definition) is 1. The summed E-state index contributed by atoms with van der Waals surface area (Å²) < 4.78 is 7.78. The Hall–Kier alpha value is -4.19. The molecule has 0 aliphatic carbocycles. The third kappa shape index (κ3) is 2.54. The van der Waals surface area contributed by atoms with Gasteiger partial charge in [-0.15, -0.1) is 5.10 Å². The van der Waals surface area contributed by atoms with Crippen molar-refractivity contribution in [1.82, 2.24) is 19.6 Å². The van der Waals surface area contributed by atoms with E-state index >= 15 is 0 Å². The molecule has 5 aromatic rings. The fourth-order valence-electron chi connectivity index (χ4n) is 4.00. The SMILES string of the molecule is Oc1ccc2c(c1)Oc1ncn3nc(-c4ccccc4)nc3c1[C@@H]2c1ccccc1. The van der Waals surface area contributed by atoms with Crippen LogP contribution in [0.3, 0.4) is 0 Å². The van der Waals surface area contributed by atoms with Gasteiger partial charge in [0, 0.05) is 23.1 Å². The van der Waals surface area contributed by atoms with Gasteiger partial charge in [-0.2, -0.15) is 0 Å². The summed E-state index contributed by atoms with van der Waals surface area (Å²) in [6.07, 6.45) is 1.61. The van der Waals surface area contributed by atoms with Crippen LogP contribution in [0.15, 0.2) is 85.2 Å². The zero-order chi connectivity index (χ0) is 20.1. The number of fused-ring (bicyclic) bond motifs is 4. The third-order valence-electron chi connectivity index (χ3n) is 5.36. The van der Waals surface area contributed by atoms with E-state index in [1.807, 2.05) is 54.6 Å². The zero-order valence-corrected chi connectivity index (χ0v) is 15.8. The third-order valence-corrected chi connectivity index (χ3v) is 5.36. The molecule has 0 unspecified atom stereocenters. The highest BCUT2D eigenvalue weighted by molar-refractivity contribution is 5.68. The number of phenolic OH excluding ortho intramolecular Hbond substituents is 1. The van der Waals surface area contributed by atoms with E-state index in [-0.39, 0.29) is 11.7 Å². The Morgan fingerprint density at radius 3 is 2.47 bits per heavy atom. The average molecular weight is 392 g/mol. The molecule has 6 nitrogen and oxygen atoms in total. The Balaban J connectivity index is 1.63. The molecule has 0 radical (unpaired) electrons. The summed E-state index contributed by atoms with van der Waals surface area (Å²) in [5.74, 6) is 1.71. The van der Waals surface area contributed by atoms with Crippen molar-refractivity contribution >= 4 is 5.65 Å². The van der Waals surface area contributed by atoms with Gasteiger partial charge in [0.15, 0.2) is 11.5 Å². The van der Waals surface area contributed by atoms with Crippen LogP contribution < -0.4 is 4.74 Å². The minimum atomic E-state index is -0.144. The smallest absolute Gasteiger partial charge is 0.228 e. The number of aromatic nitrogens is 4. The summed E-state index contributed by atoms with van der Waals surface area (Å²) in [7, 11) is 0. The molecule has 6 rings (SSSR count). The van der Waals surface area contributed by atoms with E-state index in [0.717, 1.165) is 22.3 Å². The number of phenols is 1. The van der Waals surface area contributed by atoms with Gasteiger partial charge in [-0.25, -0.2) is 14.5 Å². The van der Waals surface area contributed by atoms with E-state index in [1.54, 1.807) is 23.0 Å². The molecule has 30 heavy (non-hydrogen) atoms. The Morgan fingerprint density at radius 1 is 0.900 bits per heavy atom. The Labute approximate surface area is 172 Å². The zero-order valence-electron chi connectivity index (χ0n) is 15.8. The van der Waals surface area contributed by atoms with Crippen molar-refractivity contribution in [1.29, 1.82) is 0 Å². The highest BCUT2D eigenvalue weighted by Crippen LogP contribution is 2.48. The summed E-state index contributed by atoms with van der Waals surface area (Å²) in [6.45, 7) is 0. The van der Waals surface area contributed by atoms with Crippen LogP contribution in [0.2, 0.25) is 0 Å². The molecule has 1 N–H and O–H groups in total. The molecule has 6 heteroatoms. The van der Waals surface area contributed by atoms with Crippen molar-refractivity contribution in [3.05, 3.63) is 102 Å². The summed E-state index contributed by atoms with van der Waals surface area (Å²) in [5, 5.41) is 14.6. The molecule has 0 saturated carbocycles. The van der Waals surface area contributed by atoms with Gasteiger partial charge in [0.1, 0.15) is 17.8 Å². The topological polar surface area (TPSA) is 72.5 Å². The predicted molar refractivity (Wildman–Crippen MR) is 112 cm³/mol. The number of nitrogens with zero attached hydrogens (tertiary/aromatic N) is 4. The Bertz CT molecular complexity index is 1380. The fourth-order valence-corrected chi connectivity index (χ4v) is 4.00. The first-order chi connectivity index (χ1) is 14.8. The maximum atomic E-state index is 9.97. The van der Waals surface area contributed by atoms with Crippen molar-refractivity contribution in [3.63, 3.8) is 0 Å². The molecule has 0 spiro atoms. The average Bonchev–Trinajstić information content (AvgIpc) is 3.23. The van der Waals surface area contributed by atoms with Crippen molar-refractivity contribution in [2.24, 2.45) is 0 Å². The fraction of sp³-hybridized carbons (Fsp3) is 0.0417. The molecular weight excluding hydrogens is 376 g/mol. The van der Waals surface area contributed by atoms with Crippen LogP contribution in [0.25, 0.3) is 17.0 Å². The van der Waals surface area contributed by atoms with E-state index in [1.165, 1.54) is 0 Å². The lowest BCUT2D eigenvalue weighted by Crippen LogP contribution is -2.14. The van der Waals surface area contributed by atoms with Crippen molar-refractivity contribution in [2.45, 2.75) is 5.92 Å². The Morgan fingerprint density at radius 2 is 1.67 bits per heavy atom. The van der Waals surface area contributed by atoms with Crippen LogP contribution in [0.5, 0.6) is 17.4 Å². The second-order valence-corrected chi connectivity index (χ2v) is 7.20. The molecule has 3 aromatic carbocycles. The first-order valence-corrected chi connectivity index (χ1v) is 9.64.